The van der Waals surface area contributed by atoms with Crippen molar-refractivity contribution in [3.63, 3.8) is 0 Å². The lowest BCUT2D eigenvalue weighted by atomic mass is 9.94. The van der Waals surface area contributed by atoms with Crippen LogP contribution >= 0.6 is 0 Å². The lowest BCUT2D eigenvalue weighted by Crippen LogP contribution is -2.56. The van der Waals surface area contributed by atoms with Gasteiger partial charge >= 0.3 is 0 Å². The van der Waals surface area contributed by atoms with Gasteiger partial charge in [0.1, 0.15) is 0 Å². The summed E-state index contributed by atoms with van der Waals surface area (Å²) in [6.07, 6.45) is 2.23. The molecule has 0 aromatic carbocycles. The zero-order chi connectivity index (χ0) is 9.73. The number of rotatable bonds is 4. The van der Waals surface area contributed by atoms with E-state index >= 15 is 0 Å². The molecule has 0 aromatic rings. The first-order chi connectivity index (χ1) is 6.23. The molecule has 1 fully saturated rings. The van der Waals surface area contributed by atoms with E-state index in [0.717, 1.165) is 39.0 Å². The van der Waals surface area contributed by atoms with Gasteiger partial charge in [-0.05, 0) is 13.3 Å². The van der Waals surface area contributed by atoms with Crippen molar-refractivity contribution in [3.05, 3.63) is 0 Å². The summed E-state index contributed by atoms with van der Waals surface area (Å²) < 4.78 is 0. The Labute approximate surface area is 81.1 Å². The smallest absolute Gasteiger partial charge is 0.0612 e. The number of aliphatic hydroxyl groups is 1. The number of nitrogens with one attached hydrogen (secondary N) is 1. The molecule has 0 bridgehead atoms. The zero-order valence-electron chi connectivity index (χ0n) is 8.84. The maximum absolute atomic E-state index is 9.41. The molecule has 0 radical (unpaired) electrons. The SMILES string of the molecule is CCCC(C)(CO)N1CCNCC1. The van der Waals surface area contributed by atoms with Gasteiger partial charge in [-0.1, -0.05) is 13.3 Å². The van der Waals surface area contributed by atoms with E-state index in [4.69, 9.17) is 0 Å². The molecular weight excluding hydrogens is 164 g/mol. The molecule has 0 amide bonds. The minimum atomic E-state index is 0.0108. The Balaban J connectivity index is 2.51. The second-order valence-electron chi connectivity index (χ2n) is 4.14. The summed E-state index contributed by atoms with van der Waals surface area (Å²) in [5.74, 6) is 0. The Kier molecular flexibility index (Phi) is 4.16. The van der Waals surface area contributed by atoms with Crippen LogP contribution in [0.5, 0.6) is 0 Å². The monoisotopic (exact) mass is 186 g/mol. The van der Waals surface area contributed by atoms with Gasteiger partial charge in [0.25, 0.3) is 0 Å². The van der Waals surface area contributed by atoms with Crippen LogP contribution in [0.3, 0.4) is 0 Å². The minimum Gasteiger partial charge on any atom is -0.394 e. The van der Waals surface area contributed by atoms with E-state index in [1.165, 1.54) is 0 Å². The number of hydrogen-bond donors (Lipinski definition) is 2. The molecule has 1 unspecified atom stereocenters. The van der Waals surface area contributed by atoms with E-state index < -0.39 is 0 Å². The van der Waals surface area contributed by atoms with Crippen molar-refractivity contribution in [2.24, 2.45) is 0 Å². The van der Waals surface area contributed by atoms with Crippen LogP contribution in [0.1, 0.15) is 26.7 Å². The van der Waals surface area contributed by atoms with E-state index in [1.54, 1.807) is 0 Å². The van der Waals surface area contributed by atoms with Gasteiger partial charge < -0.3 is 10.4 Å². The van der Waals surface area contributed by atoms with Crippen LogP contribution in [0.25, 0.3) is 0 Å². The lowest BCUT2D eigenvalue weighted by molar-refractivity contribution is 0.0270. The molecule has 3 nitrogen and oxygen atoms in total. The normalized spacial score (nSPS) is 24.2. The Morgan fingerprint density at radius 3 is 2.46 bits per heavy atom. The highest BCUT2D eigenvalue weighted by atomic mass is 16.3. The molecule has 3 heteroatoms. The number of hydrogen-bond acceptors (Lipinski definition) is 3. The summed E-state index contributed by atoms with van der Waals surface area (Å²) in [6, 6.07) is 0. The molecular formula is C10H22N2O. The van der Waals surface area contributed by atoms with Crippen molar-refractivity contribution >= 4 is 0 Å². The summed E-state index contributed by atoms with van der Waals surface area (Å²) in [5.41, 5.74) is 0.0108. The molecule has 1 rings (SSSR count). The van der Waals surface area contributed by atoms with Crippen LogP contribution in [0.15, 0.2) is 0 Å². The first-order valence-corrected chi connectivity index (χ1v) is 5.29. The second kappa shape index (κ2) is 4.94. The van der Waals surface area contributed by atoms with E-state index in [1.807, 2.05) is 0 Å². The fraction of sp³-hybridized carbons (Fsp3) is 1.00. The summed E-state index contributed by atoms with van der Waals surface area (Å²) in [5, 5.41) is 12.7. The van der Waals surface area contributed by atoms with Crippen molar-refractivity contribution in [2.75, 3.05) is 32.8 Å². The van der Waals surface area contributed by atoms with Crippen LogP contribution in [0.4, 0.5) is 0 Å². The predicted molar refractivity (Wildman–Crippen MR) is 54.8 cm³/mol. The van der Waals surface area contributed by atoms with E-state index in [-0.39, 0.29) is 12.1 Å². The van der Waals surface area contributed by atoms with Gasteiger partial charge in [0.2, 0.25) is 0 Å². The summed E-state index contributed by atoms with van der Waals surface area (Å²) in [4.78, 5) is 2.41. The van der Waals surface area contributed by atoms with Crippen molar-refractivity contribution in [1.29, 1.82) is 0 Å². The van der Waals surface area contributed by atoms with Crippen LogP contribution < -0.4 is 5.32 Å². The van der Waals surface area contributed by atoms with Crippen LogP contribution in [0.2, 0.25) is 0 Å². The Morgan fingerprint density at radius 2 is 2.00 bits per heavy atom. The van der Waals surface area contributed by atoms with Gasteiger partial charge in [0.15, 0.2) is 0 Å². The third kappa shape index (κ3) is 2.66. The topological polar surface area (TPSA) is 35.5 Å². The minimum absolute atomic E-state index is 0.0108. The average molecular weight is 186 g/mol. The van der Waals surface area contributed by atoms with Crippen molar-refractivity contribution in [2.45, 2.75) is 32.2 Å². The molecule has 78 valence electrons. The Morgan fingerprint density at radius 1 is 1.38 bits per heavy atom. The molecule has 0 aliphatic carbocycles. The first kappa shape index (κ1) is 11.0. The van der Waals surface area contributed by atoms with E-state index in [9.17, 15) is 5.11 Å². The summed E-state index contributed by atoms with van der Waals surface area (Å²) in [6.45, 7) is 8.87. The van der Waals surface area contributed by atoms with Gasteiger partial charge in [0.05, 0.1) is 6.61 Å². The van der Waals surface area contributed by atoms with E-state index in [2.05, 4.69) is 24.1 Å². The first-order valence-electron chi connectivity index (χ1n) is 5.29. The molecule has 0 saturated carbocycles. The lowest BCUT2D eigenvalue weighted by Gasteiger charge is -2.42. The Bertz CT molecular complexity index is 146. The van der Waals surface area contributed by atoms with Crippen molar-refractivity contribution in [1.82, 2.24) is 10.2 Å². The van der Waals surface area contributed by atoms with Gasteiger partial charge in [-0.25, -0.2) is 0 Å². The maximum atomic E-state index is 9.41. The molecule has 2 N–H and O–H groups in total. The molecule has 1 aliphatic rings. The molecule has 0 spiro atoms. The average Bonchev–Trinajstić information content (AvgIpc) is 2.19. The largest absolute Gasteiger partial charge is 0.394 e. The fourth-order valence-corrected chi connectivity index (χ4v) is 2.08. The van der Waals surface area contributed by atoms with Crippen LogP contribution in [-0.2, 0) is 0 Å². The number of nitrogens with zero attached hydrogens (tertiary/aromatic N) is 1. The molecule has 13 heavy (non-hydrogen) atoms. The number of aliphatic hydroxyl groups excluding tert-OH is 1. The van der Waals surface area contributed by atoms with Gasteiger partial charge in [0, 0.05) is 31.7 Å². The summed E-state index contributed by atoms with van der Waals surface area (Å²) >= 11 is 0. The molecule has 0 aromatic heterocycles. The molecule has 1 aliphatic heterocycles. The predicted octanol–water partition coefficient (Wildman–Crippen LogP) is 0.443. The van der Waals surface area contributed by atoms with Gasteiger partial charge in [-0.3, -0.25) is 4.90 Å². The quantitative estimate of drug-likeness (QED) is 0.669. The standard InChI is InChI=1S/C10H22N2O/c1-3-4-10(2,9-13)12-7-5-11-6-8-12/h11,13H,3-9H2,1-2H3. The zero-order valence-corrected chi connectivity index (χ0v) is 8.84. The third-order valence-electron chi connectivity index (χ3n) is 3.01. The maximum Gasteiger partial charge on any atom is 0.0612 e. The second-order valence-corrected chi connectivity index (χ2v) is 4.14. The van der Waals surface area contributed by atoms with E-state index in [0.29, 0.717) is 0 Å². The molecule has 1 saturated heterocycles. The van der Waals surface area contributed by atoms with Crippen LogP contribution in [-0.4, -0.2) is 48.3 Å². The van der Waals surface area contributed by atoms with Crippen molar-refractivity contribution in [3.8, 4) is 0 Å². The Hall–Kier alpha value is -0.120. The molecule has 1 atom stereocenters. The third-order valence-corrected chi connectivity index (χ3v) is 3.01. The highest BCUT2D eigenvalue weighted by molar-refractivity contribution is 4.87. The van der Waals surface area contributed by atoms with Gasteiger partial charge in [-0.15, -0.1) is 0 Å². The van der Waals surface area contributed by atoms with Crippen molar-refractivity contribution < 1.29 is 5.11 Å². The summed E-state index contributed by atoms with van der Waals surface area (Å²) in [7, 11) is 0. The highest BCUT2D eigenvalue weighted by Gasteiger charge is 2.30. The van der Waals surface area contributed by atoms with Crippen LogP contribution in [0, 0.1) is 0 Å². The molecule has 1 heterocycles. The van der Waals surface area contributed by atoms with Gasteiger partial charge in [-0.2, -0.15) is 0 Å². The fourth-order valence-electron chi connectivity index (χ4n) is 2.08. The highest BCUT2D eigenvalue weighted by Crippen LogP contribution is 2.20. The number of piperazine rings is 1.